The summed E-state index contributed by atoms with van der Waals surface area (Å²) < 4.78 is 0. The van der Waals surface area contributed by atoms with Crippen molar-refractivity contribution in [1.82, 2.24) is 19.6 Å². The van der Waals surface area contributed by atoms with E-state index in [1.807, 2.05) is 0 Å². The van der Waals surface area contributed by atoms with Crippen molar-refractivity contribution in [3.63, 3.8) is 0 Å². The molecule has 0 aromatic rings. The van der Waals surface area contributed by atoms with Crippen molar-refractivity contribution in [1.29, 1.82) is 0 Å². The quantitative estimate of drug-likeness (QED) is 0.646. The van der Waals surface area contributed by atoms with Gasteiger partial charge in [-0.3, -0.25) is 0 Å². The molecule has 0 aliphatic carbocycles. The zero-order chi connectivity index (χ0) is 20.3. The van der Waals surface area contributed by atoms with Crippen molar-refractivity contribution >= 4 is 11.4 Å². The van der Waals surface area contributed by atoms with Gasteiger partial charge in [0.2, 0.25) is 0 Å². The Morgan fingerprint density at radius 2 is 0.967 bits per heavy atom. The van der Waals surface area contributed by atoms with Gasteiger partial charge in [-0.05, 0) is 12.8 Å². The van der Waals surface area contributed by atoms with E-state index in [0.717, 1.165) is 0 Å². The maximum Gasteiger partial charge on any atom is 0.0549 e. The highest BCUT2D eigenvalue weighted by Gasteiger charge is 2.53. The van der Waals surface area contributed by atoms with Crippen LogP contribution in [0.5, 0.6) is 0 Å². The zero-order valence-corrected chi connectivity index (χ0v) is 19.2. The molecule has 0 saturated carbocycles. The van der Waals surface area contributed by atoms with Gasteiger partial charge in [-0.2, -0.15) is 10.2 Å². The second-order valence-electron chi connectivity index (χ2n) is 11.4. The predicted octanol–water partition coefficient (Wildman–Crippen LogP) is 1.88. The first-order chi connectivity index (χ1) is 14.6. The summed E-state index contributed by atoms with van der Waals surface area (Å²) in [5.41, 5.74) is 3.46. The SMILES string of the molecule is CCCC12CN3CCN(CC(C3)/C1=N\N=C1/C3CN4CCN(C3)CC1(CCC)C4)C2. The Hall–Kier alpha value is -0.820. The summed E-state index contributed by atoms with van der Waals surface area (Å²) in [5, 5.41) is 10.5. The number of piperidine rings is 4. The van der Waals surface area contributed by atoms with Crippen molar-refractivity contribution in [2.75, 3.05) is 78.5 Å². The molecular weight excluding hydrogens is 372 g/mol. The first-order valence-corrected chi connectivity index (χ1v) is 12.7. The van der Waals surface area contributed by atoms with Crippen molar-refractivity contribution in [3.05, 3.63) is 0 Å². The molecule has 8 saturated heterocycles. The minimum absolute atomic E-state index is 0.254. The molecule has 4 unspecified atom stereocenters. The third kappa shape index (κ3) is 3.05. The van der Waals surface area contributed by atoms with Crippen molar-refractivity contribution < 1.29 is 0 Å². The largest absolute Gasteiger partial charge is 0.300 e. The van der Waals surface area contributed by atoms with Crippen LogP contribution in [0.1, 0.15) is 39.5 Å². The molecule has 166 valence electrons. The topological polar surface area (TPSA) is 37.7 Å². The highest BCUT2D eigenvalue weighted by molar-refractivity contribution is 5.98. The van der Waals surface area contributed by atoms with E-state index in [9.17, 15) is 0 Å². The van der Waals surface area contributed by atoms with E-state index in [4.69, 9.17) is 10.2 Å². The number of nitrogens with zero attached hydrogens (tertiary/aromatic N) is 6. The Labute approximate surface area is 182 Å². The van der Waals surface area contributed by atoms with Crippen LogP contribution in [0.4, 0.5) is 0 Å². The van der Waals surface area contributed by atoms with Gasteiger partial charge in [-0.25, -0.2) is 0 Å². The van der Waals surface area contributed by atoms with Gasteiger partial charge in [0.05, 0.1) is 11.4 Å². The standard InChI is InChI=1S/C24H40N6/c1-3-5-23-15-27-7-8-28(16-23)12-19(11-27)21(23)25-26-22-20-13-29-9-10-30(14-20)18-24(22,17-29)6-4-2/h19-20H,3-18H2,1-2H3/b25-21+,26-22+. The Balaban J connectivity index is 1.39. The van der Waals surface area contributed by atoms with Crippen LogP contribution in [-0.4, -0.2) is 110 Å². The van der Waals surface area contributed by atoms with Gasteiger partial charge in [-0.1, -0.05) is 26.7 Å². The number of fused-ring (bicyclic) bond motifs is 2. The maximum absolute atomic E-state index is 5.27. The Bertz CT molecular complexity index is 650. The summed E-state index contributed by atoms with van der Waals surface area (Å²) in [4.78, 5) is 10.9. The van der Waals surface area contributed by atoms with Crippen LogP contribution in [0.3, 0.4) is 0 Å². The van der Waals surface area contributed by atoms with Crippen molar-refractivity contribution in [3.8, 4) is 0 Å². The van der Waals surface area contributed by atoms with E-state index in [1.165, 1.54) is 116 Å². The summed E-state index contributed by atoms with van der Waals surface area (Å²) in [6, 6.07) is 0. The van der Waals surface area contributed by atoms with Gasteiger partial charge in [0.1, 0.15) is 0 Å². The van der Waals surface area contributed by atoms with E-state index in [-0.39, 0.29) is 10.8 Å². The third-order valence-corrected chi connectivity index (χ3v) is 9.07. The molecule has 30 heavy (non-hydrogen) atoms. The average molecular weight is 413 g/mol. The summed E-state index contributed by atoms with van der Waals surface area (Å²) in [7, 11) is 0. The summed E-state index contributed by atoms with van der Waals surface area (Å²) in [5.74, 6) is 1.19. The van der Waals surface area contributed by atoms with E-state index in [2.05, 4.69) is 33.4 Å². The maximum atomic E-state index is 5.27. The van der Waals surface area contributed by atoms with Crippen LogP contribution in [0.2, 0.25) is 0 Å². The number of hydrogen-bond donors (Lipinski definition) is 0. The fourth-order valence-corrected chi connectivity index (χ4v) is 8.23. The first-order valence-electron chi connectivity index (χ1n) is 12.7. The summed E-state index contributed by atoms with van der Waals surface area (Å²) in [6.07, 6.45) is 5.03. The van der Waals surface area contributed by atoms with Gasteiger partial charge < -0.3 is 19.6 Å². The lowest BCUT2D eigenvalue weighted by molar-refractivity contribution is 0.107. The highest BCUT2D eigenvalue weighted by atomic mass is 15.3. The highest BCUT2D eigenvalue weighted by Crippen LogP contribution is 2.44. The lowest BCUT2D eigenvalue weighted by Gasteiger charge is -2.51. The fraction of sp³-hybridized carbons (Fsp3) is 0.917. The van der Waals surface area contributed by atoms with Gasteiger partial charge in [-0.15, -0.1) is 0 Å². The molecule has 6 heteroatoms. The molecule has 4 atom stereocenters. The molecular formula is C24H40N6. The van der Waals surface area contributed by atoms with Crippen molar-refractivity contribution in [2.24, 2.45) is 32.9 Å². The van der Waals surface area contributed by atoms with Crippen LogP contribution in [0.15, 0.2) is 10.2 Å². The normalized spacial score (nSPS) is 51.7. The number of rotatable bonds is 5. The summed E-state index contributed by atoms with van der Waals surface area (Å²) in [6.45, 7) is 19.4. The second kappa shape index (κ2) is 7.36. The molecule has 0 aromatic heterocycles. The molecule has 0 amide bonds. The van der Waals surface area contributed by atoms with Gasteiger partial charge in [0, 0.05) is 101 Å². The molecule has 8 heterocycles. The van der Waals surface area contributed by atoms with Gasteiger partial charge in [0.15, 0.2) is 0 Å². The van der Waals surface area contributed by atoms with Crippen LogP contribution >= 0.6 is 0 Å². The fourth-order valence-electron chi connectivity index (χ4n) is 8.23. The van der Waals surface area contributed by atoms with E-state index >= 15 is 0 Å². The molecule has 8 rings (SSSR count). The second-order valence-corrected chi connectivity index (χ2v) is 11.4. The predicted molar refractivity (Wildman–Crippen MR) is 122 cm³/mol. The minimum atomic E-state index is 0.254. The van der Waals surface area contributed by atoms with E-state index < -0.39 is 0 Å². The van der Waals surface area contributed by atoms with Crippen molar-refractivity contribution in [2.45, 2.75) is 39.5 Å². The van der Waals surface area contributed by atoms with Crippen LogP contribution in [0, 0.1) is 22.7 Å². The minimum Gasteiger partial charge on any atom is -0.300 e. The molecule has 0 N–H and O–H groups in total. The molecule has 0 spiro atoms. The molecule has 0 radical (unpaired) electrons. The van der Waals surface area contributed by atoms with Gasteiger partial charge in [0.25, 0.3) is 0 Å². The molecule has 8 bridgehead atoms. The van der Waals surface area contributed by atoms with Crippen LogP contribution in [0.25, 0.3) is 0 Å². The lowest BCUT2D eigenvalue weighted by atomic mass is 9.67. The monoisotopic (exact) mass is 412 g/mol. The molecule has 8 aliphatic rings. The Morgan fingerprint density at radius 1 is 0.633 bits per heavy atom. The van der Waals surface area contributed by atoms with E-state index in [1.54, 1.807) is 0 Å². The zero-order valence-electron chi connectivity index (χ0n) is 19.2. The Kier molecular flexibility index (Phi) is 4.87. The van der Waals surface area contributed by atoms with Gasteiger partial charge >= 0.3 is 0 Å². The van der Waals surface area contributed by atoms with Crippen LogP contribution < -0.4 is 0 Å². The molecule has 8 fully saturated rings. The molecule has 6 nitrogen and oxygen atoms in total. The first kappa shape index (κ1) is 19.8. The average Bonchev–Trinajstić information content (AvgIpc) is 3.08. The molecule has 0 aromatic carbocycles. The smallest absolute Gasteiger partial charge is 0.0549 e. The lowest BCUT2D eigenvalue weighted by Crippen LogP contribution is -2.62. The number of hydrogen-bond acceptors (Lipinski definition) is 6. The molecule has 8 aliphatic heterocycles. The summed E-state index contributed by atoms with van der Waals surface area (Å²) >= 11 is 0. The van der Waals surface area contributed by atoms with Crippen LogP contribution in [-0.2, 0) is 0 Å². The third-order valence-electron chi connectivity index (χ3n) is 9.07. The van der Waals surface area contributed by atoms with E-state index in [0.29, 0.717) is 11.8 Å². The Morgan fingerprint density at radius 3 is 1.27 bits per heavy atom.